The van der Waals surface area contributed by atoms with E-state index in [0.717, 1.165) is 27.1 Å². The quantitative estimate of drug-likeness (QED) is 0.473. The Hall–Kier alpha value is -0.250. The van der Waals surface area contributed by atoms with Crippen molar-refractivity contribution in [2.24, 2.45) is 0 Å². The summed E-state index contributed by atoms with van der Waals surface area (Å²) in [6.45, 7) is 4.05. The van der Waals surface area contributed by atoms with E-state index < -0.39 is 10.8 Å². The normalized spacial score (nSPS) is 11.6. The largest absolute Gasteiger partial charge is 1.00 e. The summed E-state index contributed by atoms with van der Waals surface area (Å²) in [5.41, 5.74) is 4.37. The molecule has 0 heterocycles. The fourth-order valence-electron chi connectivity index (χ4n) is 1.91. The van der Waals surface area contributed by atoms with Crippen molar-refractivity contribution < 1.29 is 33.8 Å². The van der Waals surface area contributed by atoms with Gasteiger partial charge >= 0.3 is 29.6 Å². The van der Waals surface area contributed by atoms with Crippen LogP contribution in [0, 0.1) is 19.6 Å². The number of benzene rings is 2. The third-order valence-corrected chi connectivity index (χ3v) is 4.57. The molecule has 0 amide bonds. The Morgan fingerprint density at radius 2 is 1.75 bits per heavy atom. The second-order valence-corrected chi connectivity index (χ2v) is 6.07. The van der Waals surface area contributed by atoms with Gasteiger partial charge in [0.25, 0.3) is 0 Å². The molecule has 0 radical (unpaired) electrons. The van der Waals surface area contributed by atoms with Gasteiger partial charge in [-0.1, -0.05) is 43.4 Å². The maximum atomic E-state index is 12.3. The topological polar surface area (TPSA) is 17.1 Å². The molecule has 4 heteroatoms. The first-order valence-corrected chi connectivity index (χ1v) is 7.83. The third-order valence-electron chi connectivity index (χ3n) is 3.08. The van der Waals surface area contributed by atoms with Crippen LogP contribution in [0.2, 0.25) is 0 Å². The SMILES string of the molecule is Cc1cc(CCl)c(C)cc1[CH-]S(=O)c1ccccc1.[Na+]. The number of aryl methyl sites for hydroxylation is 2. The molecule has 1 nitrogen and oxygen atoms in total. The van der Waals surface area contributed by atoms with Crippen molar-refractivity contribution in [1.82, 2.24) is 0 Å². The first-order chi connectivity index (χ1) is 9.11. The molecule has 2 aromatic rings. The molecule has 100 valence electrons. The van der Waals surface area contributed by atoms with Gasteiger partial charge in [-0.2, -0.15) is 17.2 Å². The molecule has 0 spiro atoms. The minimum absolute atomic E-state index is 0. The van der Waals surface area contributed by atoms with Crippen molar-refractivity contribution in [2.75, 3.05) is 0 Å². The van der Waals surface area contributed by atoms with Crippen LogP contribution in [0.4, 0.5) is 0 Å². The maximum absolute atomic E-state index is 12.3. The van der Waals surface area contributed by atoms with Crippen molar-refractivity contribution in [2.45, 2.75) is 24.6 Å². The Labute approximate surface area is 150 Å². The van der Waals surface area contributed by atoms with Gasteiger partial charge in [-0.25, -0.2) is 0 Å². The average molecular weight is 315 g/mol. The zero-order valence-electron chi connectivity index (χ0n) is 12.0. The molecule has 2 rings (SSSR count). The van der Waals surface area contributed by atoms with Crippen LogP contribution in [-0.4, -0.2) is 4.21 Å². The first-order valence-electron chi connectivity index (χ1n) is 6.08. The molecule has 0 aliphatic rings. The number of hydrogen-bond donors (Lipinski definition) is 0. The summed E-state index contributed by atoms with van der Waals surface area (Å²) in [5.74, 6) is 2.31. The first kappa shape index (κ1) is 17.8. The predicted molar refractivity (Wildman–Crippen MR) is 81.7 cm³/mol. The number of hydrogen-bond acceptors (Lipinski definition) is 1. The van der Waals surface area contributed by atoms with Crippen molar-refractivity contribution in [3.05, 3.63) is 70.5 Å². The Balaban J connectivity index is 0.00000200. The Kier molecular flexibility index (Phi) is 7.35. The zero-order chi connectivity index (χ0) is 13.8. The monoisotopic (exact) mass is 314 g/mol. The summed E-state index contributed by atoms with van der Waals surface area (Å²) < 4.78 is 12.3. The second-order valence-electron chi connectivity index (χ2n) is 4.50. The Morgan fingerprint density at radius 1 is 1.10 bits per heavy atom. The van der Waals surface area contributed by atoms with Crippen LogP contribution in [0.15, 0.2) is 47.4 Å². The zero-order valence-corrected chi connectivity index (χ0v) is 15.6. The molecule has 1 unspecified atom stereocenters. The van der Waals surface area contributed by atoms with Crippen molar-refractivity contribution in [1.29, 1.82) is 0 Å². The van der Waals surface area contributed by atoms with E-state index in [-0.39, 0.29) is 29.6 Å². The molecule has 0 saturated heterocycles. The fraction of sp³-hybridized carbons (Fsp3) is 0.188. The van der Waals surface area contributed by atoms with Gasteiger partial charge in [-0.3, -0.25) is 4.21 Å². The van der Waals surface area contributed by atoms with Crippen LogP contribution in [0.3, 0.4) is 0 Å². The van der Waals surface area contributed by atoms with E-state index in [9.17, 15) is 4.21 Å². The number of rotatable bonds is 4. The molecule has 0 saturated carbocycles. The molecule has 0 aromatic heterocycles. The Bertz CT molecular complexity index is 599. The molecule has 0 fully saturated rings. The van der Waals surface area contributed by atoms with Crippen LogP contribution >= 0.6 is 11.6 Å². The minimum atomic E-state index is -1.12. The molecule has 0 aliphatic carbocycles. The van der Waals surface area contributed by atoms with Gasteiger partial charge in [-0.15, -0.1) is 23.2 Å². The summed E-state index contributed by atoms with van der Waals surface area (Å²) in [6.07, 6.45) is 0. The van der Waals surface area contributed by atoms with Crippen LogP contribution in [0.25, 0.3) is 0 Å². The summed E-state index contributed by atoms with van der Waals surface area (Å²) in [5, 5.41) is 0. The maximum Gasteiger partial charge on any atom is 1.00 e. The predicted octanol–water partition coefficient (Wildman–Crippen LogP) is 1.36. The molecular weight excluding hydrogens is 299 g/mol. The molecule has 0 N–H and O–H groups in total. The van der Waals surface area contributed by atoms with E-state index in [4.69, 9.17) is 11.6 Å². The Morgan fingerprint density at radius 3 is 2.35 bits per heavy atom. The summed E-state index contributed by atoms with van der Waals surface area (Å²) in [6, 6.07) is 13.6. The third kappa shape index (κ3) is 4.37. The molecule has 0 bridgehead atoms. The van der Waals surface area contributed by atoms with Gasteiger partial charge in [-0.05, 0) is 12.1 Å². The van der Waals surface area contributed by atoms with Crippen LogP contribution in [-0.2, 0) is 16.7 Å². The molecule has 20 heavy (non-hydrogen) atoms. The van der Waals surface area contributed by atoms with E-state index in [1.165, 1.54) is 0 Å². The molecule has 1 atom stereocenters. The van der Waals surface area contributed by atoms with Gasteiger partial charge in [0.15, 0.2) is 0 Å². The molecule has 2 aromatic carbocycles. The van der Waals surface area contributed by atoms with Crippen molar-refractivity contribution in [3.8, 4) is 0 Å². The molecule has 0 aliphatic heterocycles. The summed E-state index contributed by atoms with van der Waals surface area (Å²) in [4.78, 5) is 0.820. The molecular formula is C16H16ClNaOS. The van der Waals surface area contributed by atoms with E-state index in [1.54, 1.807) is 5.75 Å². The van der Waals surface area contributed by atoms with Crippen molar-refractivity contribution in [3.63, 3.8) is 0 Å². The van der Waals surface area contributed by atoms with E-state index in [1.807, 2.05) is 50.2 Å². The van der Waals surface area contributed by atoms with Gasteiger partial charge in [0, 0.05) is 21.6 Å². The van der Waals surface area contributed by atoms with E-state index in [0.29, 0.717) is 5.88 Å². The minimum Gasteiger partial charge on any atom is -0.263 e. The summed E-state index contributed by atoms with van der Waals surface area (Å²) >= 11 is 5.89. The van der Waals surface area contributed by atoms with Crippen LogP contribution in [0.5, 0.6) is 0 Å². The van der Waals surface area contributed by atoms with E-state index >= 15 is 0 Å². The number of halogens is 1. The standard InChI is InChI=1S/C16H16ClOS.Na/c1-12-9-15(13(2)8-14(12)10-17)11-19(18)16-6-4-3-5-7-16;/h3-9,11H,10H2,1-2H3;/q-1;+1. The van der Waals surface area contributed by atoms with Gasteiger partial charge in [0.05, 0.1) is 0 Å². The summed E-state index contributed by atoms with van der Waals surface area (Å²) in [7, 11) is -1.12. The second kappa shape index (κ2) is 8.26. The van der Waals surface area contributed by atoms with E-state index in [2.05, 4.69) is 6.07 Å². The van der Waals surface area contributed by atoms with Crippen LogP contribution in [0.1, 0.15) is 22.3 Å². The van der Waals surface area contributed by atoms with Gasteiger partial charge in [0.2, 0.25) is 0 Å². The van der Waals surface area contributed by atoms with Gasteiger partial charge < -0.3 is 0 Å². The smallest absolute Gasteiger partial charge is 0.263 e. The van der Waals surface area contributed by atoms with Crippen molar-refractivity contribution >= 4 is 22.4 Å². The van der Waals surface area contributed by atoms with Gasteiger partial charge in [0.1, 0.15) is 0 Å². The number of alkyl halides is 1. The van der Waals surface area contributed by atoms with Crippen LogP contribution < -0.4 is 29.6 Å². The average Bonchev–Trinajstić information content (AvgIpc) is 2.43. The fourth-order valence-corrected chi connectivity index (χ4v) is 3.24.